The predicted molar refractivity (Wildman–Crippen MR) is 183 cm³/mol. The summed E-state index contributed by atoms with van der Waals surface area (Å²) in [6.45, 7) is 5.16. The zero-order chi connectivity index (χ0) is 33.3. The number of sulfonamides is 1. The van der Waals surface area contributed by atoms with Gasteiger partial charge >= 0.3 is 0 Å². The Balaban J connectivity index is 1.82. The fourth-order valence-corrected chi connectivity index (χ4v) is 6.53. The molecule has 4 rings (SSSR count). The van der Waals surface area contributed by atoms with Gasteiger partial charge in [-0.05, 0) is 73.9 Å². The van der Waals surface area contributed by atoms with Gasteiger partial charge in [0, 0.05) is 24.0 Å². The summed E-state index contributed by atoms with van der Waals surface area (Å²) in [6.07, 6.45) is 0.912. The molecule has 0 saturated heterocycles. The SMILES string of the molecule is CC[C@H](C)NC(=O)[C@H](Cc1ccccc1)N(Cc1ccccc1Cl)C(=O)CN(c1ccc(OC)cc1)S(=O)(=O)c1ccc(C)cc1. The van der Waals surface area contributed by atoms with Crippen LogP contribution in [0.4, 0.5) is 5.69 Å². The van der Waals surface area contributed by atoms with Gasteiger partial charge in [-0.1, -0.05) is 84.8 Å². The number of anilines is 1. The van der Waals surface area contributed by atoms with Crippen molar-refractivity contribution in [2.75, 3.05) is 18.0 Å². The van der Waals surface area contributed by atoms with Gasteiger partial charge in [0.05, 0.1) is 17.7 Å². The van der Waals surface area contributed by atoms with Crippen LogP contribution in [0.15, 0.2) is 108 Å². The van der Waals surface area contributed by atoms with Gasteiger partial charge in [-0.15, -0.1) is 0 Å². The molecule has 1 N–H and O–H groups in total. The number of hydrogen-bond acceptors (Lipinski definition) is 5. The molecule has 2 amide bonds. The molecule has 0 heterocycles. The highest BCUT2D eigenvalue weighted by Gasteiger charge is 2.35. The Morgan fingerprint density at radius 3 is 2.13 bits per heavy atom. The van der Waals surface area contributed by atoms with Crippen LogP contribution in [0.1, 0.15) is 37.0 Å². The van der Waals surface area contributed by atoms with E-state index in [2.05, 4.69) is 5.32 Å². The normalized spacial score (nSPS) is 12.5. The average molecular weight is 662 g/mol. The number of amides is 2. The number of aryl methyl sites for hydroxylation is 1. The van der Waals surface area contributed by atoms with Crippen LogP contribution < -0.4 is 14.4 Å². The van der Waals surface area contributed by atoms with Crippen LogP contribution in [0.2, 0.25) is 5.02 Å². The maximum atomic E-state index is 14.6. The van der Waals surface area contributed by atoms with Crippen molar-refractivity contribution in [2.24, 2.45) is 0 Å². The van der Waals surface area contributed by atoms with Crippen molar-refractivity contribution < 1.29 is 22.7 Å². The Bertz CT molecular complexity index is 1720. The zero-order valence-corrected chi connectivity index (χ0v) is 28.1. The number of carbonyl (C=O) groups is 2. The van der Waals surface area contributed by atoms with Crippen molar-refractivity contribution >= 4 is 39.1 Å². The van der Waals surface area contributed by atoms with E-state index >= 15 is 0 Å². The maximum absolute atomic E-state index is 14.6. The highest BCUT2D eigenvalue weighted by Crippen LogP contribution is 2.28. The summed E-state index contributed by atoms with van der Waals surface area (Å²) in [5, 5.41) is 3.46. The first-order valence-corrected chi connectivity index (χ1v) is 17.0. The molecule has 0 spiro atoms. The second-order valence-electron chi connectivity index (χ2n) is 11.2. The third-order valence-corrected chi connectivity index (χ3v) is 9.98. The van der Waals surface area contributed by atoms with Crippen molar-refractivity contribution in [3.8, 4) is 5.75 Å². The molecular weight excluding hydrogens is 622 g/mol. The van der Waals surface area contributed by atoms with Gasteiger partial charge < -0.3 is 15.0 Å². The minimum Gasteiger partial charge on any atom is -0.497 e. The van der Waals surface area contributed by atoms with E-state index in [0.717, 1.165) is 15.4 Å². The molecular formula is C36H40ClN3O5S. The number of ether oxygens (including phenoxy) is 1. The van der Waals surface area contributed by atoms with E-state index in [9.17, 15) is 18.0 Å². The Hall–Kier alpha value is -4.34. The Morgan fingerprint density at radius 2 is 1.52 bits per heavy atom. The number of hydrogen-bond donors (Lipinski definition) is 1. The van der Waals surface area contributed by atoms with Gasteiger partial charge in [-0.25, -0.2) is 8.42 Å². The van der Waals surface area contributed by atoms with Crippen LogP contribution in [0, 0.1) is 6.92 Å². The second kappa shape index (κ2) is 15.8. The Kier molecular flexibility index (Phi) is 11.8. The molecule has 0 aliphatic carbocycles. The summed E-state index contributed by atoms with van der Waals surface area (Å²) in [5.41, 5.74) is 2.65. The summed E-state index contributed by atoms with van der Waals surface area (Å²) in [4.78, 5) is 30.0. The molecule has 2 atom stereocenters. The highest BCUT2D eigenvalue weighted by atomic mass is 35.5. The summed E-state index contributed by atoms with van der Waals surface area (Å²) in [7, 11) is -2.69. The highest BCUT2D eigenvalue weighted by molar-refractivity contribution is 7.92. The van der Waals surface area contributed by atoms with Gasteiger partial charge in [0.1, 0.15) is 18.3 Å². The number of nitrogens with one attached hydrogen (secondary N) is 1. The number of halogens is 1. The number of nitrogens with zero attached hydrogens (tertiary/aromatic N) is 2. The molecule has 0 unspecified atom stereocenters. The lowest BCUT2D eigenvalue weighted by atomic mass is 10.0. The van der Waals surface area contributed by atoms with Gasteiger partial charge in [-0.3, -0.25) is 13.9 Å². The molecule has 0 fully saturated rings. The van der Waals surface area contributed by atoms with E-state index < -0.39 is 28.5 Å². The van der Waals surface area contributed by atoms with Gasteiger partial charge in [0.15, 0.2) is 0 Å². The van der Waals surface area contributed by atoms with Crippen molar-refractivity contribution in [3.05, 3.63) is 125 Å². The quantitative estimate of drug-likeness (QED) is 0.169. The van der Waals surface area contributed by atoms with Gasteiger partial charge in [-0.2, -0.15) is 0 Å². The van der Waals surface area contributed by atoms with Crippen molar-refractivity contribution in [2.45, 2.75) is 57.1 Å². The number of carbonyl (C=O) groups excluding carboxylic acids is 2. The Labute approximate surface area is 277 Å². The predicted octanol–water partition coefficient (Wildman–Crippen LogP) is 6.41. The minimum atomic E-state index is -4.21. The summed E-state index contributed by atoms with van der Waals surface area (Å²) >= 11 is 6.56. The molecule has 8 nitrogen and oxygen atoms in total. The molecule has 46 heavy (non-hydrogen) atoms. The van der Waals surface area contributed by atoms with Crippen molar-refractivity contribution in [3.63, 3.8) is 0 Å². The lowest BCUT2D eigenvalue weighted by molar-refractivity contribution is -0.140. The van der Waals surface area contributed by atoms with E-state index in [0.29, 0.717) is 22.8 Å². The van der Waals surface area contributed by atoms with Gasteiger partial charge in [0.2, 0.25) is 11.8 Å². The van der Waals surface area contributed by atoms with Crippen molar-refractivity contribution in [1.82, 2.24) is 10.2 Å². The maximum Gasteiger partial charge on any atom is 0.264 e. The molecule has 242 valence electrons. The topological polar surface area (TPSA) is 96.0 Å². The Morgan fingerprint density at radius 1 is 0.891 bits per heavy atom. The fraction of sp³-hybridized carbons (Fsp3) is 0.278. The van der Waals surface area contributed by atoms with E-state index in [1.807, 2.05) is 51.1 Å². The zero-order valence-electron chi connectivity index (χ0n) is 26.5. The first-order chi connectivity index (χ1) is 22.0. The molecule has 0 saturated carbocycles. The average Bonchev–Trinajstić information content (AvgIpc) is 3.06. The summed E-state index contributed by atoms with van der Waals surface area (Å²) in [5.74, 6) is -0.365. The van der Waals surface area contributed by atoms with E-state index in [4.69, 9.17) is 16.3 Å². The molecule has 0 radical (unpaired) electrons. The molecule has 0 aliphatic heterocycles. The van der Waals surface area contributed by atoms with Crippen LogP contribution in [0.3, 0.4) is 0 Å². The van der Waals surface area contributed by atoms with E-state index in [1.54, 1.807) is 60.7 Å². The second-order valence-corrected chi connectivity index (χ2v) is 13.4. The third kappa shape index (κ3) is 8.68. The standard InChI is InChI=1S/C36H40ClN3O5S/c1-5-27(3)38-36(42)34(23-28-11-7-6-8-12-28)39(24-29-13-9-10-14-33(29)37)35(41)25-40(30-17-19-31(45-4)20-18-30)46(43,44)32-21-15-26(2)16-22-32/h6-22,27,34H,5,23-25H2,1-4H3,(H,38,42)/t27-,34-/m0/s1. The smallest absolute Gasteiger partial charge is 0.264 e. The van der Waals surface area contributed by atoms with Crippen LogP contribution >= 0.6 is 11.6 Å². The van der Waals surface area contributed by atoms with Crippen LogP contribution in [0.25, 0.3) is 0 Å². The number of benzene rings is 4. The summed E-state index contributed by atoms with van der Waals surface area (Å²) in [6, 6.07) is 28.3. The molecule has 10 heteroatoms. The molecule has 0 bridgehead atoms. The number of rotatable bonds is 14. The van der Waals surface area contributed by atoms with E-state index in [-0.39, 0.29) is 35.5 Å². The minimum absolute atomic E-state index is 0.00896. The third-order valence-electron chi connectivity index (χ3n) is 7.82. The molecule has 0 aromatic heterocycles. The lowest BCUT2D eigenvalue weighted by Gasteiger charge is -2.34. The first kappa shape index (κ1) is 34.5. The largest absolute Gasteiger partial charge is 0.497 e. The summed E-state index contributed by atoms with van der Waals surface area (Å²) < 4.78 is 34.7. The fourth-order valence-electron chi connectivity index (χ4n) is 4.92. The van der Waals surface area contributed by atoms with Crippen LogP contribution in [-0.4, -0.2) is 50.9 Å². The van der Waals surface area contributed by atoms with Crippen LogP contribution in [-0.2, 0) is 32.6 Å². The molecule has 4 aromatic carbocycles. The monoisotopic (exact) mass is 661 g/mol. The van der Waals surface area contributed by atoms with Crippen molar-refractivity contribution in [1.29, 1.82) is 0 Å². The van der Waals surface area contributed by atoms with E-state index in [1.165, 1.54) is 24.1 Å². The van der Waals surface area contributed by atoms with Gasteiger partial charge in [0.25, 0.3) is 10.0 Å². The number of methoxy groups -OCH3 is 1. The first-order valence-electron chi connectivity index (χ1n) is 15.1. The lowest BCUT2D eigenvalue weighted by Crippen LogP contribution is -2.54. The molecule has 0 aliphatic rings. The molecule has 4 aromatic rings. The van der Waals surface area contributed by atoms with Crippen LogP contribution in [0.5, 0.6) is 5.75 Å².